The average molecular weight is 697 g/mol. The third kappa shape index (κ3) is 52.2. The third-order valence-corrected chi connectivity index (χ3v) is 3.62. The number of carbonyl (C=O) groups excluding carboxylic acids is 4. The molecule has 0 radical (unpaired) electrons. The van der Waals surface area contributed by atoms with Crippen LogP contribution in [0.5, 0.6) is 0 Å². The van der Waals surface area contributed by atoms with Gasteiger partial charge in [-0.1, -0.05) is 30.6 Å². The van der Waals surface area contributed by atoms with Crippen molar-refractivity contribution in [2.45, 2.75) is 111 Å². The molecular formula is C26H51Cl5N2O8. The molecule has 0 aromatic heterocycles. The average Bonchev–Trinajstić information content (AvgIpc) is 2.71. The summed E-state index contributed by atoms with van der Waals surface area (Å²) in [7, 11) is 3.46. The second-order valence-corrected chi connectivity index (χ2v) is 12.2. The molecule has 0 aliphatic heterocycles. The molecule has 15 heteroatoms. The molecule has 0 aliphatic rings. The molecule has 1 amide bonds. The fourth-order valence-electron chi connectivity index (χ4n) is 2.10. The van der Waals surface area contributed by atoms with Crippen molar-refractivity contribution >= 4 is 81.5 Å². The fourth-order valence-corrected chi connectivity index (χ4v) is 2.44. The molecule has 0 aromatic carbocycles. The van der Waals surface area contributed by atoms with E-state index in [0.29, 0.717) is 19.4 Å². The monoisotopic (exact) mass is 694 g/mol. The van der Waals surface area contributed by atoms with E-state index in [2.05, 4.69) is 10.1 Å². The second kappa shape index (κ2) is 29.2. The second-order valence-electron chi connectivity index (χ2n) is 9.83. The number of amides is 1. The van der Waals surface area contributed by atoms with Gasteiger partial charge in [0.15, 0.2) is 11.1 Å². The van der Waals surface area contributed by atoms with Gasteiger partial charge in [-0.05, 0) is 81.8 Å². The molecule has 1 N–H and O–H groups in total. The smallest absolute Gasteiger partial charge is 0.410 e. The molecule has 0 spiro atoms. The maximum Gasteiger partial charge on any atom is 0.410 e. The van der Waals surface area contributed by atoms with Crippen molar-refractivity contribution in [3.8, 4) is 0 Å². The van der Waals surface area contributed by atoms with Crippen LogP contribution >= 0.6 is 58.0 Å². The van der Waals surface area contributed by atoms with Crippen molar-refractivity contribution in [2.75, 3.05) is 32.5 Å². The van der Waals surface area contributed by atoms with Gasteiger partial charge >= 0.3 is 23.5 Å². The number of halogens is 5. The highest BCUT2D eigenvalue weighted by molar-refractivity contribution is 6.61. The van der Waals surface area contributed by atoms with Crippen molar-refractivity contribution in [2.24, 2.45) is 0 Å². The van der Waals surface area contributed by atoms with Gasteiger partial charge in [0.1, 0.15) is 11.2 Å². The van der Waals surface area contributed by atoms with Crippen LogP contribution in [-0.4, -0.2) is 83.2 Å². The van der Waals surface area contributed by atoms with Gasteiger partial charge < -0.3 is 29.2 Å². The molecule has 0 saturated carbocycles. The number of carbonyl (C=O) groups is 4. The number of nitrogens with zero attached hydrogens (tertiary/aromatic N) is 1. The number of alkyl halides is 4. The highest BCUT2D eigenvalue weighted by Crippen LogP contribution is 2.10. The van der Waals surface area contributed by atoms with Crippen LogP contribution in [0.1, 0.15) is 88.5 Å². The topological polar surface area (TPSA) is 120 Å². The fraction of sp³-hybridized carbons (Fsp3) is 0.846. The lowest BCUT2D eigenvalue weighted by molar-refractivity contribution is -0.156. The van der Waals surface area contributed by atoms with Gasteiger partial charge in [-0.3, -0.25) is 9.59 Å². The molecule has 0 aromatic rings. The van der Waals surface area contributed by atoms with Gasteiger partial charge in [-0.2, -0.15) is 0 Å². The molecular weight excluding hydrogens is 646 g/mol. The lowest BCUT2D eigenvalue weighted by Crippen LogP contribution is -2.30. The van der Waals surface area contributed by atoms with E-state index in [1.54, 1.807) is 14.0 Å². The van der Waals surface area contributed by atoms with Crippen LogP contribution in [0.4, 0.5) is 9.59 Å². The van der Waals surface area contributed by atoms with Crippen LogP contribution in [0.2, 0.25) is 0 Å². The third-order valence-electron chi connectivity index (χ3n) is 3.35. The molecule has 0 fully saturated rings. The molecule has 2 atom stereocenters. The maximum atomic E-state index is 11.4. The minimum atomic E-state index is -0.873. The first-order valence-electron chi connectivity index (χ1n) is 12.4. The van der Waals surface area contributed by atoms with Crippen molar-refractivity contribution in [3.63, 3.8) is 0 Å². The molecule has 0 heterocycles. The zero-order chi connectivity index (χ0) is 32.5. The van der Waals surface area contributed by atoms with Gasteiger partial charge in [-0.25, -0.2) is 9.59 Å². The van der Waals surface area contributed by atoms with Crippen LogP contribution < -0.4 is 5.32 Å². The number of nitrogens with one attached hydrogen (secondary N) is 1. The molecule has 0 saturated heterocycles. The Morgan fingerprint density at radius 2 is 1.17 bits per heavy atom. The first-order valence-corrected chi connectivity index (χ1v) is 14.7. The predicted octanol–water partition coefficient (Wildman–Crippen LogP) is 8.09. The van der Waals surface area contributed by atoms with Gasteiger partial charge in [-0.15, -0.1) is 23.2 Å². The summed E-state index contributed by atoms with van der Waals surface area (Å²) in [5, 5.41) is 3.17. The number of rotatable bonds is 10. The van der Waals surface area contributed by atoms with Gasteiger partial charge in [0.05, 0.1) is 5.34 Å². The van der Waals surface area contributed by atoms with Gasteiger partial charge in [0.2, 0.25) is 0 Å². The maximum absolute atomic E-state index is 11.4. The molecule has 0 rings (SSSR count). The molecule has 41 heavy (non-hydrogen) atoms. The van der Waals surface area contributed by atoms with Crippen LogP contribution in [-0.2, 0) is 28.5 Å². The summed E-state index contributed by atoms with van der Waals surface area (Å²) in [5.41, 5.74) is -2.99. The summed E-state index contributed by atoms with van der Waals surface area (Å²) in [6, 6.07) is 0. The van der Waals surface area contributed by atoms with Gasteiger partial charge in [0, 0.05) is 38.0 Å². The van der Waals surface area contributed by atoms with E-state index in [4.69, 9.17) is 72.2 Å². The number of hydrogen-bond donors (Lipinski definition) is 1. The summed E-state index contributed by atoms with van der Waals surface area (Å²) < 4.78 is 19.2. The minimum Gasteiger partial charge on any atom is -0.460 e. The Hall–Kier alpha value is -0.910. The van der Waals surface area contributed by atoms with E-state index in [1.165, 1.54) is 11.8 Å². The lowest BCUT2D eigenvalue weighted by atomic mass is 10.2. The molecule has 2 unspecified atom stereocenters. The van der Waals surface area contributed by atoms with Crippen molar-refractivity contribution in [1.82, 2.24) is 10.2 Å². The summed E-state index contributed by atoms with van der Waals surface area (Å²) in [4.78, 5) is 44.9. The van der Waals surface area contributed by atoms with Gasteiger partial charge in [0.25, 0.3) is 0 Å². The molecule has 0 bridgehead atoms. The summed E-state index contributed by atoms with van der Waals surface area (Å²) in [5.74, 6) is -0.382. The lowest BCUT2D eigenvalue weighted by Gasteiger charge is -2.20. The van der Waals surface area contributed by atoms with E-state index >= 15 is 0 Å². The van der Waals surface area contributed by atoms with Crippen molar-refractivity contribution < 1.29 is 38.1 Å². The minimum absolute atomic E-state index is 0. The van der Waals surface area contributed by atoms with Crippen LogP contribution in [0.3, 0.4) is 0 Å². The van der Waals surface area contributed by atoms with Crippen LogP contribution in [0.25, 0.3) is 0 Å². The standard InChI is InChI=1S/C12H22ClNO4.C9H19NO2.C3H4Cl2O2.CH2Cl2.CH4/c1-9(13)17-11(16)14(5)8-6-7-10(15)18-12(2,3)4;1-9(2,3)12-8(11)6-5-7-10-4;1-2(4)7-3(5)6;2-1-3;/h9H,6-8H2,1-5H3;10H,5-7H2,1-4H3;2H,1H3;1H2;1H4. The predicted molar refractivity (Wildman–Crippen MR) is 169 cm³/mol. The van der Waals surface area contributed by atoms with E-state index in [1.807, 2.05) is 48.6 Å². The van der Waals surface area contributed by atoms with Crippen LogP contribution in [0.15, 0.2) is 0 Å². The largest absolute Gasteiger partial charge is 0.460 e. The summed E-state index contributed by atoms with van der Waals surface area (Å²) in [6.45, 7) is 15.4. The zero-order valence-electron chi connectivity index (χ0n) is 25.2. The molecule has 248 valence electrons. The van der Waals surface area contributed by atoms with E-state index in [-0.39, 0.29) is 36.7 Å². The highest BCUT2D eigenvalue weighted by Gasteiger charge is 2.17. The van der Waals surface area contributed by atoms with E-state index < -0.39 is 28.2 Å². The Kier molecular flexibility index (Phi) is 35.4. The number of ether oxygens (including phenoxy) is 4. The van der Waals surface area contributed by atoms with Crippen molar-refractivity contribution in [1.29, 1.82) is 0 Å². The zero-order valence-corrected chi connectivity index (χ0v) is 29.0. The Balaban J connectivity index is -0.000000162. The number of hydrogen-bond acceptors (Lipinski definition) is 9. The Morgan fingerprint density at radius 3 is 1.44 bits per heavy atom. The quantitative estimate of drug-likeness (QED) is 0.0794. The van der Waals surface area contributed by atoms with E-state index in [0.717, 1.165) is 13.0 Å². The first kappa shape index (κ1) is 49.8. The Bertz CT molecular complexity index is 686. The Morgan fingerprint density at radius 1 is 0.805 bits per heavy atom. The van der Waals surface area contributed by atoms with Crippen LogP contribution in [0, 0.1) is 0 Å². The SMILES string of the molecule is C.CC(Cl)OC(=O)Cl.CC(Cl)OC(=O)N(C)CCCC(=O)OC(C)(C)C.CNCCCC(=O)OC(C)(C)C.ClCCl. The molecule has 0 aliphatic carbocycles. The highest BCUT2D eigenvalue weighted by atomic mass is 35.5. The van der Waals surface area contributed by atoms with Crippen molar-refractivity contribution in [3.05, 3.63) is 0 Å². The number of esters is 2. The Labute approximate surface area is 272 Å². The summed E-state index contributed by atoms with van der Waals surface area (Å²) in [6.07, 6.45) is 1.63. The molecule has 10 nitrogen and oxygen atoms in total. The van der Waals surface area contributed by atoms with E-state index in [9.17, 15) is 19.2 Å². The first-order chi connectivity index (χ1) is 18.1. The normalized spacial score (nSPS) is 11.6. The summed E-state index contributed by atoms with van der Waals surface area (Å²) >= 11 is 24.9.